The van der Waals surface area contributed by atoms with E-state index in [-0.39, 0.29) is 12.6 Å². The van der Waals surface area contributed by atoms with Crippen molar-refractivity contribution in [3.8, 4) is 6.07 Å². The number of hydrogen-bond donors (Lipinski definition) is 2. The minimum Gasteiger partial charge on any atom is -0.378 e. The maximum Gasteiger partial charge on any atom is 0.320 e. The third kappa shape index (κ3) is 3.50. The fraction of sp³-hybridized carbons (Fsp3) is 0.273. The third-order valence-electron chi connectivity index (χ3n) is 1.97. The minimum atomic E-state index is -0.376. The second kappa shape index (κ2) is 5.61. The molecule has 0 saturated heterocycles. The van der Waals surface area contributed by atoms with Crippen LogP contribution in [-0.2, 0) is 0 Å². The number of anilines is 2. The molecule has 0 aliphatic rings. The maximum absolute atomic E-state index is 11.2. The van der Waals surface area contributed by atoms with Gasteiger partial charge in [0.1, 0.15) is 6.54 Å². The molecule has 0 unspecified atom stereocenters. The zero-order chi connectivity index (χ0) is 12.0. The lowest BCUT2D eigenvalue weighted by atomic mass is 10.2. The van der Waals surface area contributed by atoms with Gasteiger partial charge in [0.25, 0.3) is 0 Å². The summed E-state index contributed by atoms with van der Waals surface area (Å²) in [6.07, 6.45) is 0. The van der Waals surface area contributed by atoms with Crippen molar-refractivity contribution in [2.75, 3.05) is 30.9 Å². The van der Waals surface area contributed by atoms with Crippen molar-refractivity contribution in [3.63, 3.8) is 0 Å². The Morgan fingerprint density at radius 3 is 2.50 bits per heavy atom. The molecule has 0 fully saturated rings. The predicted octanol–water partition coefficient (Wildman–Crippen LogP) is 1.40. The molecule has 2 amide bonds. The van der Waals surface area contributed by atoms with Gasteiger partial charge < -0.3 is 15.5 Å². The number of benzene rings is 1. The van der Waals surface area contributed by atoms with E-state index in [1.54, 1.807) is 12.1 Å². The average Bonchev–Trinajstić information content (AvgIpc) is 2.27. The monoisotopic (exact) mass is 218 g/mol. The Bertz CT molecular complexity index is 391. The fourth-order valence-electron chi connectivity index (χ4n) is 1.14. The zero-order valence-electron chi connectivity index (χ0n) is 9.32. The lowest BCUT2D eigenvalue weighted by Crippen LogP contribution is -2.28. The molecule has 0 radical (unpaired) electrons. The highest BCUT2D eigenvalue weighted by molar-refractivity contribution is 5.89. The normalized spacial score (nSPS) is 9.06. The summed E-state index contributed by atoms with van der Waals surface area (Å²) >= 11 is 0. The largest absolute Gasteiger partial charge is 0.378 e. The van der Waals surface area contributed by atoms with Gasteiger partial charge in [-0.2, -0.15) is 5.26 Å². The van der Waals surface area contributed by atoms with Crippen molar-refractivity contribution in [2.24, 2.45) is 0 Å². The Kier molecular flexibility index (Phi) is 4.16. The molecular formula is C11H14N4O. The molecule has 1 rings (SSSR count). The minimum absolute atomic E-state index is 0.00160. The molecule has 0 saturated carbocycles. The molecule has 0 aliphatic carbocycles. The Hall–Kier alpha value is -2.22. The van der Waals surface area contributed by atoms with Crippen LogP contribution in [0, 0.1) is 11.3 Å². The summed E-state index contributed by atoms with van der Waals surface area (Å²) in [5.74, 6) is 0. The standard InChI is InChI=1S/C11H14N4O/c1-15(2)10-5-3-9(4-6-10)14-11(16)13-8-7-12/h3-6H,8H2,1-2H3,(H2,13,14,16). The Balaban J connectivity index is 2.55. The van der Waals surface area contributed by atoms with E-state index in [1.807, 2.05) is 37.2 Å². The van der Waals surface area contributed by atoms with Crippen LogP contribution in [0.4, 0.5) is 16.2 Å². The van der Waals surface area contributed by atoms with E-state index >= 15 is 0 Å². The fourth-order valence-corrected chi connectivity index (χ4v) is 1.14. The lowest BCUT2D eigenvalue weighted by Gasteiger charge is -2.12. The number of amides is 2. The Labute approximate surface area is 94.7 Å². The quantitative estimate of drug-likeness (QED) is 0.753. The number of carbonyl (C=O) groups excluding carboxylic acids is 1. The molecule has 5 heteroatoms. The van der Waals surface area contributed by atoms with E-state index in [1.165, 1.54) is 0 Å². The summed E-state index contributed by atoms with van der Waals surface area (Å²) in [7, 11) is 3.89. The second-order valence-corrected chi connectivity index (χ2v) is 3.41. The van der Waals surface area contributed by atoms with E-state index in [2.05, 4.69) is 10.6 Å². The van der Waals surface area contributed by atoms with Crippen molar-refractivity contribution in [2.45, 2.75) is 0 Å². The molecule has 1 aromatic carbocycles. The topological polar surface area (TPSA) is 68.2 Å². The van der Waals surface area contributed by atoms with E-state index in [0.29, 0.717) is 5.69 Å². The molecule has 0 bridgehead atoms. The molecule has 16 heavy (non-hydrogen) atoms. The van der Waals surface area contributed by atoms with Gasteiger partial charge in [-0.25, -0.2) is 4.79 Å². The highest BCUT2D eigenvalue weighted by atomic mass is 16.2. The molecule has 0 aliphatic heterocycles. The van der Waals surface area contributed by atoms with Crippen molar-refractivity contribution in [1.29, 1.82) is 5.26 Å². The highest BCUT2D eigenvalue weighted by Gasteiger charge is 2.00. The van der Waals surface area contributed by atoms with Crippen LogP contribution in [0.1, 0.15) is 0 Å². The average molecular weight is 218 g/mol. The summed E-state index contributed by atoms with van der Waals surface area (Å²) < 4.78 is 0. The van der Waals surface area contributed by atoms with E-state index in [0.717, 1.165) is 5.69 Å². The van der Waals surface area contributed by atoms with Gasteiger partial charge in [0.15, 0.2) is 0 Å². The Morgan fingerprint density at radius 1 is 1.38 bits per heavy atom. The first-order valence-corrected chi connectivity index (χ1v) is 4.82. The van der Waals surface area contributed by atoms with Gasteiger partial charge >= 0.3 is 6.03 Å². The summed E-state index contributed by atoms with van der Waals surface area (Å²) in [6, 6.07) is 8.87. The summed E-state index contributed by atoms with van der Waals surface area (Å²) in [5, 5.41) is 13.3. The van der Waals surface area contributed by atoms with Crippen molar-refractivity contribution >= 4 is 17.4 Å². The number of urea groups is 1. The van der Waals surface area contributed by atoms with Crippen LogP contribution in [0.25, 0.3) is 0 Å². The molecule has 0 atom stereocenters. The lowest BCUT2D eigenvalue weighted by molar-refractivity contribution is 0.253. The van der Waals surface area contributed by atoms with Gasteiger partial charge in [-0.05, 0) is 24.3 Å². The first-order chi connectivity index (χ1) is 7.63. The molecule has 1 aromatic rings. The highest BCUT2D eigenvalue weighted by Crippen LogP contribution is 2.15. The van der Waals surface area contributed by atoms with Gasteiger partial charge in [-0.15, -0.1) is 0 Å². The maximum atomic E-state index is 11.2. The Morgan fingerprint density at radius 2 is 2.00 bits per heavy atom. The summed E-state index contributed by atoms with van der Waals surface area (Å²) in [5.41, 5.74) is 1.75. The molecule has 5 nitrogen and oxygen atoms in total. The predicted molar refractivity (Wildman–Crippen MR) is 63.4 cm³/mol. The van der Waals surface area contributed by atoms with E-state index in [4.69, 9.17) is 5.26 Å². The van der Waals surface area contributed by atoms with Crippen LogP contribution in [0.2, 0.25) is 0 Å². The first kappa shape index (κ1) is 11.9. The van der Waals surface area contributed by atoms with E-state index < -0.39 is 0 Å². The molecule has 84 valence electrons. The van der Waals surface area contributed by atoms with Gasteiger partial charge in [0.05, 0.1) is 6.07 Å². The van der Waals surface area contributed by atoms with Crippen molar-refractivity contribution in [3.05, 3.63) is 24.3 Å². The van der Waals surface area contributed by atoms with Gasteiger partial charge in [-0.3, -0.25) is 0 Å². The second-order valence-electron chi connectivity index (χ2n) is 3.41. The number of rotatable bonds is 3. The summed E-state index contributed by atoms with van der Waals surface area (Å²) in [4.78, 5) is 13.2. The zero-order valence-corrected chi connectivity index (χ0v) is 9.32. The molecular weight excluding hydrogens is 204 g/mol. The van der Waals surface area contributed by atoms with Crippen LogP contribution in [0.3, 0.4) is 0 Å². The van der Waals surface area contributed by atoms with Crippen LogP contribution in [0.5, 0.6) is 0 Å². The number of carbonyl (C=O) groups is 1. The van der Waals surface area contributed by atoms with E-state index in [9.17, 15) is 4.79 Å². The number of hydrogen-bond acceptors (Lipinski definition) is 3. The molecule has 0 aromatic heterocycles. The van der Waals surface area contributed by atoms with Crippen LogP contribution in [-0.4, -0.2) is 26.7 Å². The molecule has 2 N–H and O–H groups in total. The van der Waals surface area contributed by atoms with Crippen LogP contribution >= 0.6 is 0 Å². The van der Waals surface area contributed by atoms with Crippen molar-refractivity contribution in [1.82, 2.24) is 5.32 Å². The number of nitrogens with one attached hydrogen (secondary N) is 2. The number of nitrogens with zero attached hydrogens (tertiary/aromatic N) is 2. The van der Waals surface area contributed by atoms with Gasteiger partial charge in [0, 0.05) is 25.5 Å². The van der Waals surface area contributed by atoms with Crippen LogP contribution in [0.15, 0.2) is 24.3 Å². The first-order valence-electron chi connectivity index (χ1n) is 4.82. The third-order valence-corrected chi connectivity index (χ3v) is 1.97. The number of nitriles is 1. The SMILES string of the molecule is CN(C)c1ccc(NC(=O)NCC#N)cc1. The summed E-state index contributed by atoms with van der Waals surface area (Å²) in [6.45, 7) is 0.00160. The van der Waals surface area contributed by atoms with Crippen molar-refractivity contribution < 1.29 is 4.79 Å². The van der Waals surface area contributed by atoms with Gasteiger partial charge in [0.2, 0.25) is 0 Å². The van der Waals surface area contributed by atoms with Crippen LogP contribution < -0.4 is 15.5 Å². The molecule has 0 spiro atoms. The smallest absolute Gasteiger partial charge is 0.320 e. The van der Waals surface area contributed by atoms with Gasteiger partial charge in [-0.1, -0.05) is 0 Å². The molecule has 0 heterocycles.